The Kier molecular flexibility index (Phi) is 3.92. The number of carbonyl (C=O) groups is 3. The first-order valence-electron chi connectivity index (χ1n) is 8.27. The number of imide groups is 1. The lowest BCUT2D eigenvalue weighted by Crippen LogP contribution is -2.42. The van der Waals surface area contributed by atoms with Gasteiger partial charge in [-0.15, -0.1) is 0 Å². The van der Waals surface area contributed by atoms with Crippen molar-refractivity contribution in [3.63, 3.8) is 0 Å². The van der Waals surface area contributed by atoms with E-state index in [4.69, 9.17) is 11.6 Å². The number of hydrogen-bond acceptors (Lipinski definition) is 3. The van der Waals surface area contributed by atoms with Gasteiger partial charge in [0.15, 0.2) is 0 Å². The number of amides is 4. The van der Waals surface area contributed by atoms with Crippen LogP contribution < -0.4 is 10.6 Å². The zero-order valence-corrected chi connectivity index (χ0v) is 14.5. The Bertz CT molecular complexity index is 930. The SMILES string of the molecule is O=C(CN1C(=O)N[C@]2(CCc3ccccc32)C1=O)Nc1cccc(Cl)c1. The molecule has 1 spiro atoms. The molecule has 26 heavy (non-hydrogen) atoms. The average Bonchev–Trinajstić information content (AvgIpc) is 3.09. The van der Waals surface area contributed by atoms with Crippen LogP contribution in [0.4, 0.5) is 10.5 Å². The van der Waals surface area contributed by atoms with Crippen LogP contribution in [0.2, 0.25) is 5.02 Å². The van der Waals surface area contributed by atoms with E-state index in [9.17, 15) is 14.4 Å². The van der Waals surface area contributed by atoms with Crippen molar-refractivity contribution < 1.29 is 14.4 Å². The van der Waals surface area contributed by atoms with Gasteiger partial charge in [0.1, 0.15) is 12.1 Å². The van der Waals surface area contributed by atoms with Gasteiger partial charge in [0.25, 0.3) is 5.91 Å². The van der Waals surface area contributed by atoms with Gasteiger partial charge in [0.2, 0.25) is 5.91 Å². The summed E-state index contributed by atoms with van der Waals surface area (Å²) >= 11 is 5.89. The molecule has 0 bridgehead atoms. The first-order valence-corrected chi connectivity index (χ1v) is 8.65. The predicted molar refractivity (Wildman–Crippen MR) is 96.8 cm³/mol. The van der Waals surface area contributed by atoms with Crippen LogP contribution in [0, 0.1) is 0 Å². The van der Waals surface area contributed by atoms with Crippen molar-refractivity contribution in [3.05, 3.63) is 64.7 Å². The Morgan fingerprint density at radius 2 is 2.00 bits per heavy atom. The normalized spacial score (nSPS) is 21.0. The van der Waals surface area contributed by atoms with Crippen LogP contribution in [-0.4, -0.2) is 29.3 Å². The van der Waals surface area contributed by atoms with E-state index in [1.54, 1.807) is 24.3 Å². The number of fused-ring (bicyclic) bond motifs is 2. The second kappa shape index (κ2) is 6.14. The van der Waals surface area contributed by atoms with Gasteiger partial charge in [0, 0.05) is 10.7 Å². The number of anilines is 1. The van der Waals surface area contributed by atoms with E-state index in [1.807, 2.05) is 24.3 Å². The number of carbonyl (C=O) groups excluding carboxylic acids is 3. The number of nitrogens with one attached hydrogen (secondary N) is 2. The third-order valence-electron chi connectivity index (χ3n) is 4.83. The highest BCUT2D eigenvalue weighted by atomic mass is 35.5. The zero-order chi connectivity index (χ0) is 18.3. The van der Waals surface area contributed by atoms with Crippen LogP contribution in [0.15, 0.2) is 48.5 Å². The number of benzene rings is 2. The van der Waals surface area contributed by atoms with Gasteiger partial charge < -0.3 is 10.6 Å². The summed E-state index contributed by atoms with van der Waals surface area (Å²) in [5, 5.41) is 5.94. The zero-order valence-electron chi connectivity index (χ0n) is 13.8. The molecule has 2 aromatic rings. The molecular formula is C19H16ClN3O3. The molecule has 1 heterocycles. The number of halogens is 1. The lowest BCUT2D eigenvalue weighted by Gasteiger charge is -2.22. The summed E-state index contributed by atoms with van der Waals surface area (Å²) in [5.74, 6) is -0.840. The lowest BCUT2D eigenvalue weighted by atomic mass is 9.92. The van der Waals surface area contributed by atoms with Crippen LogP contribution in [-0.2, 0) is 21.5 Å². The van der Waals surface area contributed by atoms with Crippen LogP contribution in [0.5, 0.6) is 0 Å². The number of hydrogen-bond donors (Lipinski definition) is 2. The summed E-state index contributed by atoms with van der Waals surface area (Å²) in [7, 11) is 0. The van der Waals surface area contributed by atoms with E-state index < -0.39 is 17.5 Å². The molecule has 6 nitrogen and oxygen atoms in total. The molecule has 0 unspecified atom stereocenters. The molecule has 4 rings (SSSR count). The van der Waals surface area contributed by atoms with E-state index in [0.717, 1.165) is 16.0 Å². The second-order valence-corrected chi connectivity index (χ2v) is 6.88. The number of urea groups is 1. The van der Waals surface area contributed by atoms with Gasteiger partial charge in [-0.1, -0.05) is 41.9 Å². The quantitative estimate of drug-likeness (QED) is 0.816. The molecule has 4 amide bonds. The highest BCUT2D eigenvalue weighted by Crippen LogP contribution is 2.41. The molecule has 2 N–H and O–H groups in total. The number of aryl methyl sites for hydroxylation is 1. The average molecular weight is 370 g/mol. The number of nitrogens with zero attached hydrogens (tertiary/aromatic N) is 1. The predicted octanol–water partition coefficient (Wildman–Crippen LogP) is 2.67. The summed E-state index contributed by atoms with van der Waals surface area (Å²) in [6, 6.07) is 13.7. The summed E-state index contributed by atoms with van der Waals surface area (Å²) < 4.78 is 0. The maximum atomic E-state index is 13.0. The Morgan fingerprint density at radius 3 is 2.81 bits per heavy atom. The van der Waals surface area contributed by atoms with Gasteiger partial charge in [-0.3, -0.25) is 14.5 Å². The van der Waals surface area contributed by atoms with Crippen molar-refractivity contribution in [2.24, 2.45) is 0 Å². The van der Waals surface area contributed by atoms with Crippen LogP contribution in [0.25, 0.3) is 0 Å². The van der Waals surface area contributed by atoms with Crippen molar-refractivity contribution in [1.29, 1.82) is 0 Å². The van der Waals surface area contributed by atoms with Crippen LogP contribution in [0.1, 0.15) is 17.5 Å². The minimum Gasteiger partial charge on any atom is -0.324 e. The molecule has 0 saturated carbocycles. The van der Waals surface area contributed by atoms with E-state index >= 15 is 0 Å². The Labute approximate surface area is 155 Å². The highest BCUT2D eigenvalue weighted by molar-refractivity contribution is 6.30. The Hall–Kier alpha value is -2.86. The van der Waals surface area contributed by atoms with Crippen molar-refractivity contribution in [1.82, 2.24) is 10.2 Å². The third kappa shape index (κ3) is 2.63. The third-order valence-corrected chi connectivity index (χ3v) is 5.07. The molecular weight excluding hydrogens is 354 g/mol. The van der Waals surface area contributed by atoms with E-state index in [0.29, 0.717) is 23.6 Å². The molecule has 1 fully saturated rings. The maximum Gasteiger partial charge on any atom is 0.325 e. The minimum absolute atomic E-state index is 0.346. The Balaban J connectivity index is 1.53. The van der Waals surface area contributed by atoms with E-state index in [-0.39, 0.29) is 12.5 Å². The van der Waals surface area contributed by atoms with Crippen LogP contribution in [0.3, 0.4) is 0 Å². The maximum absolute atomic E-state index is 13.0. The monoisotopic (exact) mass is 369 g/mol. The largest absolute Gasteiger partial charge is 0.325 e. The second-order valence-electron chi connectivity index (χ2n) is 6.44. The molecule has 2 aromatic carbocycles. The molecule has 132 valence electrons. The first kappa shape index (κ1) is 16.6. The fourth-order valence-electron chi connectivity index (χ4n) is 3.64. The van der Waals surface area contributed by atoms with Gasteiger partial charge in [-0.05, 0) is 42.2 Å². The van der Waals surface area contributed by atoms with Crippen LogP contribution >= 0.6 is 11.6 Å². The van der Waals surface area contributed by atoms with Gasteiger partial charge in [-0.25, -0.2) is 4.79 Å². The summed E-state index contributed by atoms with van der Waals surface area (Å²) in [4.78, 5) is 38.6. The van der Waals surface area contributed by atoms with Crippen molar-refractivity contribution in [2.75, 3.05) is 11.9 Å². The molecule has 1 aliphatic heterocycles. The highest BCUT2D eigenvalue weighted by Gasteiger charge is 2.55. The summed E-state index contributed by atoms with van der Waals surface area (Å²) in [6.07, 6.45) is 1.22. The van der Waals surface area contributed by atoms with E-state index in [1.165, 1.54) is 0 Å². The van der Waals surface area contributed by atoms with Crippen molar-refractivity contribution >= 4 is 35.1 Å². The lowest BCUT2D eigenvalue weighted by molar-refractivity contribution is -0.134. The number of rotatable bonds is 3. The fraction of sp³-hybridized carbons (Fsp3) is 0.211. The Morgan fingerprint density at radius 1 is 1.19 bits per heavy atom. The van der Waals surface area contributed by atoms with Crippen molar-refractivity contribution in [2.45, 2.75) is 18.4 Å². The molecule has 1 saturated heterocycles. The summed E-state index contributed by atoms with van der Waals surface area (Å²) in [6.45, 7) is -0.346. The molecule has 7 heteroatoms. The minimum atomic E-state index is -1.05. The smallest absolute Gasteiger partial charge is 0.324 e. The van der Waals surface area contributed by atoms with Gasteiger partial charge in [-0.2, -0.15) is 0 Å². The van der Waals surface area contributed by atoms with Gasteiger partial charge in [0.05, 0.1) is 0 Å². The molecule has 2 aliphatic rings. The fourth-order valence-corrected chi connectivity index (χ4v) is 3.83. The first-order chi connectivity index (χ1) is 12.5. The molecule has 1 atom stereocenters. The van der Waals surface area contributed by atoms with E-state index in [2.05, 4.69) is 10.6 Å². The van der Waals surface area contributed by atoms with Crippen molar-refractivity contribution in [3.8, 4) is 0 Å². The summed E-state index contributed by atoms with van der Waals surface area (Å²) in [5.41, 5.74) is 1.32. The standard InChI is InChI=1S/C19H16ClN3O3/c20-13-5-3-6-14(10-13)21-16(24)11-23-17(25)19(22-18(23)26)9-8-12-4-1-2-7-15(12)19/h1-7,10H,8-9,11H2,(H,21,24)(H,22,26)/t19-/m0/s1. The molecule has 0 radical (unpaired) electrons. The van der Waals surface area contributed by atoms with Gasteiger partial charge >= 0.3 is 6.03 Å². The topological polar surface area (TPSA) is 78.5 Å². The molecule has 0 aromatic heterocycles. The molecule has 1 aliphatic carbocycles.